The van der Waals surface area contributed by atoms with Crippen LogP contribution in [0.15, 0.2) is 71.6 Å². The van der Waals surface area contributed by atoms with Gasteiger partial charge in [0.1, 0.15) is 12.4 Å². The Hall–Kier alpha value is -3.67. The van der Waals surface area contributed by atoms with E-state index in [0.29, 0.717) is 37.4 Å². The van der Waals surface area contributed by atoms with E-state index in [1.807, 2.05) is 26.1 Å². The van der Waals surface area contributed by atoms with Gasteiger partial charge in [-0.1, -0.05) is 52.0 Å². The van der Waals surface area contributed by atoms with Crippen LogP contribution in [0.5, 0.6) is 11.5 Å². The molecule has 0 saturated heterocycles. The summed E-state index contributed by atoms with van der Waals surface area (Å²) in [6.07, 6.45) is 4.74. The third-order valence-corrected chi connectivity index (χ3v) is 8.63. The van der Waals surface area contributed by atoms with Gasteiger partial charge < -0.3 is 14.4 Å². The zero-order valence-corrected chi connectivity index (χ0v) is 25.7. The number of ketones is 2. The Morgan fingerprint density at radius 1 is 0.929 bits per heavy atom. The number of ether oxygens (including phenoxy) is 2. The van der Waals surface area contributed by atoms with E-state index in [1.165, 1.54) is 12.1 Å². The molecule has 2 aliphatic carbocycles. The fraction of sp³-hybridized carbons (Fsp3) is 0.444. The smallest absolute Gasteiger partial charge is 0.165 e. The molecular weight excluding hydrogens is 529 g/mol. The van der Waals surface area contributed by atoms with Gasteiger partial charge in [0.15, 0.2) is 23.1 Å². The number of carbonyl (C=O) groups is 2. The van der Waals surface area contributed by atoms with Crippen molar-refractivity contribution >= 4 is 11.6 Å². The molecule has 6 heteroatoms. The van der Waals surface area contributed by atoms with Gasteiger partial charge in [0, 0.05) is 53.9 Å². The van der Waals surface area contributed by atoms with E-state index in [4.69, 9.17) is 9.47 Å². The number of hydrogen-bond acceptors (Lipinski definition) is 5. The van der Waals surface area contributed by atoms with Gasteiger partial charge in [0.25, 0.3) is 0 Å². The molecule has 0 fully saturated rings. The van der Waals surface area contributed by atoms with Gasteiger partial charge in [0.2, 0.25) is 0 Å². The fourth-order valence-corrected chi connectivity index (χ4v) is 6.82. The number of rotatable bonds is 8. The molecule has 5 rings (SSSR count). The first-order chi connectivity index (χ1) is 19.8. The summed E-state index contributed by atoms with van der Waals surface area (Å²) in [5.74, 6) is 0.585. The Morgan fingerprint density at radius 2 is 1.50 bits per heavy atom. The van der Waals surface area contributed by atoms with E-state index in [-0.39, 0.29) is 34.8 Å². The Labute approximate surface area is 249 Å². The third-order valence-electron chi connectivity index (χ3n) is 8.63. The molecule has 0 aromatic heterocycles. The summed E-state index contributed by atoms with van der Waals surface area (Å²) in [6, 6.07) is 10.2. The van der Waals surface area contributed by atoms with Crippen molar-refractivity contribution in [3.63, 3.8) is 0 Å². The molecule has 1 aliphatic heterocycles. The Balaban J connectivity index is 1.68. The second kappa shape index (κ2) is 11.2. The van der Waals surface area contributed by atoms with Crippen LogP contribution in [0, 0.1) is 16.6 Å². The Bertz CT molecular complexity index is 1440. The van der Waals surface area contributed by atoms with E-state index in [0.717, 1.165) is 52.1 Å². The molecule has 3 aliphatic rings. The van der Waals surface area contributed by atoms with E-state index in [9.17, 15) is 14.0 Å². The standard InChI is InChI=1S/C36H42FNO4/c1-8-10-23-15-24(16-30(41-9-2)34(23)42-21-22-11-13-25(37)14-12-22)31-32-26(17-35(3,4)19-28(32)39)38(7)27-18-36(5,6)20-29(40)33(27)31/h8,11-16,31H,1,9-10,17-21H2,2-7H3. The van der Waals surface area contributed by atoms with Crippen molar-refractivity contribution in [1.29, 1.82) is 0 Å². The molecule has 2 aromatic rings. The van der Waals surface area contributed by atoms with E-state index in [2.05, 4.69) is 45.2 Å². The highest BCUT2D eigenvalue weighted by Gasteiger charge is 2.48. The summed E-state index contributed by atoms with van der Waals surface area (Å²) in [5.41, 5.74) is 5.73. The van der Waals surface area contributed by atoms with Gasteiger partial charge >= 0.3 is 0 Å². The predicted octanol–water partition coefficient (Wildman–Crippen LogP) is 7.85. The number of allylic oxidation sites excluding steroid dienone is 5. The number of benzene rings is 2. The number of hydrogen-bond donors (Lipinski definition) is 0. The molecule has 0 spiro atoms. The third kappa shape index (κ3) is 5.68. The lowest BCUT2D eigenvalue weighted by atomic mass is 9.63. The lowest BCUT2D eigenvalue weighted by molar-refractivity contribution is -0.119. The minimum Gasteiger partial charge on any atom is -0.490 e. The molecule has 0 bridgehead atoms. The SMILES string of the molecule is C=CCc1cc(C2C3=C(CC(C)(C)CC3=O)N(C)C3=C2C(=O)CC(C)(C)C3)cc(OCC)c1OCc1ccc(F)cc1. The summed E-state index contributed by atoms with van der Waals surface area (Å²) in [6.45, 7) is 15.1. The number of carbonyl (C=O) groups excluding carboxylic acids is 2. The lowest BCUT2D eigenvalue weighted by Gasteiger charge is -2.48. The zero-order valence-electron chi connectivity index (χ0n) is 25.7. The number of halogens is 1. The summed E-state index contributed by atoms with van der Waals surface area (Å²) in [7, 11) is 2.02. The summed E-state index contributed by atoms with van der Waals surface area (Å²) >= 11 is 0. The highest BCUT2D eigenvalue weighted by atomic mass is 19.1. The second-order valence-corrected chi connectivity index (χ2v) is 13.4. The fourth-order valence-electron chi connectivity index (χ4n) is 6.82. The van der Waals surface area contributed by atoms with Crippen LogP contribution >= 0.6 is 0 Å². The average Bonchev–Trinajstić information content (AvgIpc) is 2.89. The zero-order chi connectivity index (χ0) is 30.4. The van der Waals surface area contributed by atoms with E-state index in [1.54, 1.807) is 12.1 Å². The van der Waals surface area contributed by atoms with Crippen LogP contribution < -0.4 is 9.47 Å². The van der Waals surface area contributed by atoms with Crippen LogP contribution in [0.4, 0.5) is 4.39 Å². The number of Topliss-reactive ketones (excluding diaryl/α,β-unsaturated/α-hetero) is 2. The van der Waals surface area contributed by atoms with Crippen LogP contribution in [0.2, 0.25) is 0 Å². The maximum absolute atomic E-state index is 13.9. The highest BCUT2D eigenvalue weighted by Crippen LogP contribution is 2.54. The largest absolute Gasteiger partial charge is 0.490 e. The molecule has 222 valence electrons. The van der Waals surface area contributed by atoms with Gasteiger partial charge in [0.05, 0.1) is 6.61 Å². The van der Waals surface area contributed by atoms with Crippen LogP contribution in [0.1, 0.15) is 82.9 Å². The van der Waals surface area contributed by atoms with Gasteiger partial charge in [-0.15, -0.1) is 6.58 Å². The average molecular weight is 572 g/mol. The maximum atomic E-state index is 13.9. The normalized spacial score (nSPS) is 19.9. The van der Waals surface area contributed by atoms with Gasteiger partial charge in [-0.05, 0) is 66.3 Å². The molecule has 1 heterocycles. The molecule has 0 atom stereocenters. The highest BCUT2D eigenvalue weighted by molar-refractivity contribution is 6.06. The molecule has 0 unspecified atom stereocenters. The first-order valence-corrected chi connectivity index (χ1v) is 14.9. The quantitative estimate of drug-likeness (QED) is 0.302. The minimum atomic E-state index is -0.465. The van der Waals surface area contributed by atoms with E-state index < -0.39 is 5.92 Å². The van der Waals surface area contributed by atoms with Gasteiger partial charge in [-0.3, -0.25) is 9.59 Å². The van der Waals surface area contributed by atoms with Crippen LogP contribution in [0.3, 0.4) is 0 Å². The van der Waals surface area contributed by atoms with Crippen LogP contribution in [0.25, 0.3) is 0 Å². The second-order valence-electron chi connectivity index (χ2n) is 13.4. The van der Waals surface area contributed by atoms with Crippen molar-refractivity contribution in [2.24, 2.45) is 10.8 Å². The van der Waals surface area contributed by atoms with Crippen molar-refractivity contribution in [1.82, 2.24) is 4.90 Å². The molecule has 0 amide bonds. The van der Waals surface area contributed by atoms with Crippen molar-refractivity contribution in [3.05, 3.63) is 94.1 Å². The molecule has 2 aromatic carbocycles. The number of nitrogens with zero attached hydrogens (tertiary/aromatic N) is 1. The molecular formula is C36H42FNO4. The minimum absolute atomic E-state index is 0.0992. The first kappa shape index (κ1) is 29.8. The van der Waals surface area contributed by atoms with E-state index >= 15 is 0 Å². The lowest BCUT2D eigenvalue weighted by Crippen LogP contribution is -2.43. The predicted molar refractivity (Wildman–Crippen MR) is 163 cm³/mol. The monoisotopic (exact) mass is 571 g/mol. The molecule has 42 heavy (non-hydrogen) atoms. The van der Waals surface area contributed by atoms with Crippen molar-refractivity contribution in [2.45, 2.75) is 79.2 Å². The topological polar surface area (TPSA) is 55.8 Å². The van der Waals surface area contributed by atoms with Gasteiger partial charge in [-0.25, -0.2) is 4.39 Å². The molecule has 0 N–H and O–H groups in total. The molecule has 0 radical (unpaired) electrons. The van der Waals surface area contributed by atoms with Crippen LogP contribution in [-0.4, -0.2) is 30.1 Å². The van der Waals surface area contributed by atoms with Crippen molar-refractivity contribution in [3.8, 4) is 11.5 Å². The maximum Gasteiger partial charge on any atom is 0.165 e. The van der Waals surface area contributed by atoms with Crippen molar-refractivity contribution < 1.29 is 23.5 Å². The molecule has 5 nitrogen and oxygen atoms in total. The summed E-state index contributed by atoms with van der Waals surface area (Å²) < 4.78 is 25.9. The molecule has 0 saturated carbocycles. The summed E-state index contributed by atoms with van der Waals surface area (Å²) in [4.78, 5) is 30.0. The Kier molecular flexibility index (Phi) is 7.95. The van der Waals surface area contributed by atoms with Crippen molar-refractivity contribution in [2.75, 3.05) is 13.7 Å². The first-order valence-electron chi connectivity index (χ1n) is 14.9. The summed E-state index contributed by atoms with van der Waals surface area (Å²) in [5, 5.41) is 0. The van der Waals surface area contributed by atoms with Gasteiger partial charge in [-0.2, -0.15) is 0 Å². The Morgan fingerprint density at radius 3 is 2.02 bits per heavy atom. The van der Waals surface area contributed by atoms with Crippen LogP contribution in [-0.2, 0) is 22.6 Å².